The maximum atomic E-state index is 5.44. The van der Waals surface area contributed by atoms with Gasteiger partial charge in [-0.2, -0.15) is 15.0 Å². The van der Waals surface area contributed by atoms with Crippen molar-refractivity contribution in [1.29, 1.82) is 0 Å². The largest absolute Gasteiger partial charge is 0.379 e. The average Bonchev–Trinajstić information content (AvgIpc) is 2.56. The first-order valence-corrected chi connectivity index (χ1v) is 7.00. The predicted octanol–water partition coefficient (Wildman–Crippen LogP) is -1.35. The first-order chi connectivity index (χ1) is 10.3. The molecule has 116 valence electrons. The molecule has 2 aliphatic heterocycles. The summed E-state index contributed by atoms with van der Waals surface area (Å²) in [4.78, 5) is 15.0. The van der Waals surface area contributed by atoms with E-state index in [1.165, 1.54) is 0 Å². The summed E-state index contributed by atoms with van der Waals surface area (Å²) in [5.41, 5.74) is 5.65. The normalized spacial score (nSPS) is 20.3. The molecule has 10 nitrogen and oxygen atoms in total. The number of morpholine rings is 2. The van der Waals surface area contributed by atoms with Gasteiger partial charge in [-0.3, -0.25) is 10.9 Å². The van der Waals surface area contributed by atoms with Gasteiger partial charge in [-0.1, -0.05) is 0 Å². The Morgan fingerprint density at radius 1 is 0.857 bits per heavy atom. The number of nitrogens with one attached hydrogen (secondary N) is 2. The molecule has 0 atom stereocenters. The number of hydrogen-bond acceptors (Lipinski definition) is 10. The second-order valence-electron chi connectivity index (χ2n) is 4.74. The monoisotopic (exact) mass is 296 g/mol. The molecule has 0 aromatic carbocycles. The molecule has 0 unspecified atom stereocenters. The molecule has 10 heteroatoms. The number of hydrogen-bond donors (Lipinski definition) is 3. The van der Waals surface area contributed by atoms with Gasteiger partial charge in [0.1, 0.15) is 0 Å². The highest BCUT2D eigenvalue weighted by Crippen LogP contribution is 2.15. The molecule has 1 aromatic rings. The third-order valence-electron chi connectivity index (χ3n) is 3.32. The molecule has 2 saturated heterocycles. The van der Waals surface area contributed by atoms with E-state index in [0.717, 1.165) is 26.2 Å². The fourth-order valence-electron chi connectivity index (χ4n) is 2.20. The van der Waals surface area contributed by atoms with Gasteiger partial charge in [0.2, 0.25) is 17.8 Å². The number of nitrogens with two attached hydrogens (primary N) is 1. The van der Waals surface area contributed by atoms with Crippen LogP contribution in [0.5, 0.6) is 0 Å². The molecule has 2 aliphatic rings. The Morgan fingerprint density at radius 2 is 1.48 bits per heavy atom. The van der Waals surface area contributed by atoms with Crippen molar-refractivity contribution in [2.45, 2.75) is 0 Å². The molecule has 3 heterocycles. The van der Waals surface area contributed by atoms with Gasteiger partial charge in [-0.25, -0.2) is 10.9 Å². The van der Waals surface area contributed by atoms with Gasteiger partial charge in [-0.05, 0) is 0 Å². The quantitative estimate of drug-likeness (QED) is 0.455. The van der Waals surface area contributed by atoms with Crippen LogP contribution < -0.4 is 21.6 Å². The third kappa shape index (κ3) is 3.67. The van der Waals surface area contributed by atoms with Crippen molar-refractivity contribution in [2.75, 3.05) is 68.4 Å². The van der Waals surface area contributed by atoms with E-state index in [0.29, 0.717) is 44.3 Å². The van der Waals surface area contributed by atoms with Gasteiger partial charge in [0.15, 0.2) is 0 Å². The predicted molar refractivity (Wildman–Crippen MR) is 76.7 cm³/mol. The molecule has 21 heavy (non-hydrogen) atoms. The standard InChI is InChI=1S/C11H20N8O2/c12-16-9-13-10(17-19-3-7-21-8-4-19)15-11(14-9)18-1-5-20-6-2-18/h1-8,12H2,(H2,13,14,15,16,17). The summed E-state index contributed by atoms with van der Waals surface area (Å²) in [5.74, 6) is 6.85. The Kier molecular flexibility index (Phi) is 4.60. The first-order valence-electron chi connectivity index (χ1n) is 7.00. The van der Waals surface area contributed by atoms with Crippen LogP contribution in [0.25, 0.3) is 0 Å². The third-order valence-corrected chi connectivity index (χ3v) is 3.32. The number of ether oxygens (including phenoxy) is 2. The van der Waals surface area contributed by atoms with Gasteiger partial charge in [0.05, 0.1) is 26.4 Å². The fourth-order valence-corrected chi connectivity index (χ4v) is 2.20. The van der Waals surface area contributed by atoms with E-state index in [1.807, 2.05) is 5.01 Å². The number of aromatic nitrogens is 3. The zero-order valence-electron chi connectivity index (χ0n) is 11.8. The molecule has 0 saturated carbocycles. The van der Waals surface area contributed by atoms with Crippen LogP contribution in [-0.4, -0.2) is 72.6 Å². The van der Waals surface area contributed by atoms with Crippen LogP contribution in [-0.2, 0) is 9.47 Å². The molecule has 1 aromatic heterocycles. The van der Waals surface area contributed by atoms with Crippen LogP contribution in [0.2, 0.25) is 0 Å². The van der Waals surface area contributed by atoms with Gasteiger partial charge >= 0.3 is 0 Å². The van der Waals surface area contributed by atoms with E-state index < -0.39 is 0 Å². The lowest BCUT2D eigenvalue weighted by molar-refractivity contribution is 0.0492. The Labute approximate surface area is 122 Å². The molecule has 0 amide bonds. The highest BCUT2D eigenvalue weighted by Gasteiger charge is 2.18. The van der Waals surface area contributed by atoms with E-state index in [9.17, 15) is 0 Å². The Balaban J connectivity index is 1.75. The van der Waals surface area contributed by atoms with E-state index in [4.69, 9.17) is 15.3 Å². The summed E-state index contributed by atoms with van der Waals surface area (Å²) < 4.78 is 10.7. The first kappa shape index (κ1) is 14.2. The van der Waals surface area contributed by atoms with Gasteiger partial charge in [0.25, 0.3) is 0 Å². The molecule has 4 N–H and O–H groups in total. The van der Waals surface area contributed by atoms with Crippen LogP contribution in [0.4, 0.5) is 17.8 Å². The van der Waals surface area contributed by atoms with E-state index in [2.05, 4.69) is 30.7 Å². The highest BCUT2D eigenvalue weighted by molar-refractivity contribution is 5.43. The maximum Gasteiger partial charge on any atom is 0.244 e. The lowest BCUT2D eigenvalue weighted by Crippen LogP contribution is -2.41. The molecular formula is C11H20N8O2. The van der Waals surface area contributed by atoms with Crippen molar-refractivity contribution in [2.24, 2.45) is 5.84 Å². The Bertz CT molecular complexity index is 462. The summed E-state index contributed by atoms with van der Waals surface area (Å²) >= 11 is 0. The van der Waals surface area contributed by atoms with Crippen LogP contribution in [0, 0.1) is 0 Å². The minimum Gasteiger partial charge on any atom is -0.379 e. The average molecular weight is 296 g/mol. The second kappa shape index (κ2) is 6.80. The molecule has 2 fully saturated rings. The number of nitrogen functional groups attached to an aromatic ring is 1. The number of rotatable bonds is 4. The minimum absolute atomic E-state index is 0.335. The molecule has 0 bridgehead atoms. The smallest absolute Gasteiger partial charge is 0.244 e. The summed E-state index contributed by atoms with van der Waals surface area (Å²) in [6.45, 7) is 5.79. The van der Waals surface area contributed by atoms with E-state index >= 15 is 0 Å². The van der Waals surface area contributed by atoms with Gasteiger partial charge < -0.3 is 14.4 Å². The summed E-state index contributed by atoms with van der Waals surface area (Å²) in [7, 11) is 0. The van der Waals surface area contributed by atoms with Crippen molar-refractivity contribution >= 4 is 17.8 Å². The SMILES string of the molecule is NNc1nc(NN2CCOCC2)nc(N2CCOCC2)n1. The lowest BCUT2D eigenvalue weighted by atomic mass is 10.4. The van der Waals surface area contributed by atoms with Crippen LogP contribution in [0.1, 0.15) is 0 Å². The van der Waals surface area contributed by atoms with Crippen LogP contribution in [0.15, 0.2) is 0 Å². The van der Waals surface area contributed by atoms with Crippen LogP contribution >= 0.6 is 0 Å². The minimum atomic E-state index is 0.335. The second-order valence-corrected chi connectivity index (χ2v) is 4.74. The number of nitrogens with zero attached hydrogens (tertiary/aromatic N) is 5. The topological polar surface area (TPSA) is 114 Å². The van der Waals surface area contributed by atoms with E-state index in [-0.39, 0.29) is 0 Å². The summed E-state index contributed by atoms with van der Waals surface area (Å²) in [5, 5.41) is 2.02. The van der Waals surface area contributed by atoms with Crippen molar-refractivity contribution in [3.63, 3.8) is 0 Å². The lowest BCUT2D eigenvalue weighted by Gasteiger charge is -2.29. The Hall–Kier alpha value is -1.75. The maximum absolute atomic E-state index is 5.44. The van der Waals surface area contributed by atoms with Crippen molar-refractivity contribution < 1.29 is 9.47 Å². The number of anilines is 3. The fraction of sp³-hybridized carbons (Fsp3) is 0.727. The van der Waals surface area contributed by atoms with Crippen molar-refractivity contribution in [1.82, 2.24) is 20.0 Å². The zero-order valence-corrected chi connectivity index (χ0v) is 11.8. The molecule has 0 aliphatic carbocycles. The van der Waals surface area contributed by atoms with Crippen molar-refractivity contribution in [3.05, 3.63) is 0 Å². The van der Waals surface area contributed by atoms with Crippen molar-refractivity contribution in [3.8, 4) is 0 Å². The molecule has 0 spiro atoms. The Morgan fingerprint density at radius 3 is 2.14 bits per heavy atom. The highest BCUT2D eigenvalue weighted by atomic mass is 16.5. The van der Waals surface area contributed by atoms with Gasteiger partial charge in [0, 0.05) is 26.2 Å². The molecular weight excluding hydrogens is 276 g/mol. The van der Waals surface area contributed by atoms with E-state index in [1.54, 1.807) is 0 Å². The molecule has 0 radical (unpaired) electrons. The van der Waals surface area contributed by atoms with Gasteiger partial charge in [-0.15, -0.1) is 0 Å². The summed E-state index contributed by atoms with van der Waals surface area (Å²) in [6.07, 6.45) is 0. The zero-order chi connectivity index (χ0) is 14.5. The van der Waals surface area contributed by atoms with Crippen LogP contribution in [0.3, 0.4) is 0 Å². The number of hydrazine groups is 2. The summed E-state index contributed by atoms with van der Waals surface area (Å²) in [6, 6.07) is 0. The molecule has 3 rings (SSSR count).